The lowest BCUT2D eigenvalue weighted by Gasteiger charge is -2.06. The molecule has 1 rings (SSSR count). The number of aliphatic hydroxyl groups is 1. The number of rotatable bonds is 5. The number of hydrogen-bond acceptors (Lipinski definition) is 3. The first-order chi connectivity index (χ1) is 6.33. The zero-order valence-electron chi connectivity index (χ0n) is 7.69. The zero-order valence-corrected chi connectivity index (χ0v) is 7.69. The molecule has 3 nitrogen and oxygen atoms in total. The Kier molecular flexibility index (Phi) is 4.43. The van der Waals surface area contributed by atoms with E-state index >= 15 is 0 Å². The SMILES string of the molecule is NCC(O)CCCc1ccccn1. The summed E-state index contributed by atoms with van der Waals surface area (Å²) in [4.78, 5) is 4.19. The molecule has 0 spiro atoms. The van der Waals surface area contributed by atoms with Crippen molar-refractivity contribution in [3.63, 3.8) is 0 Å². The van der Waals surface area contributed by atoms with Crippen LogP contribution in [0, 0.1) is 0 Å². The van der Waals surface area contributed by atoms with Gasteiger partial charge >= 0.3 is 0 Å². The van der Waals surface area contributed by atoms with E-state index in [-0.39, 0.29) is 6.10 Å². The second-order valence-electron chi connectivity index (χ2n) is 3.10. The van der Waals surface area contributed by atoms with Crippen LogP contribution in [0.5, 0.6) is 0 Å². The summed E-state index contributed by atoms with van der Waals surface area (Å²) in [5.41, 5.74) is 6.36. The molecule has 0 aromatic carbocycles. The van der Waals surface area contributed by atoms with Gasteiger partial charge in [-0.15, -0.1) is 0 Å². The van der Waals surface area contributed by atoms with E-state index in [2.05, 4.69) is 4.98 Å². The third-order valence-corrected chi connectivity index (χ3v) is 1.97. The number of nitrogens with two attached hydrogens (primary N) is 1. The molecule has 0 aliphatic carbocycles. The number of aromatic nitrogens is 1. The van der Waals surface area contributed by atoms with Gasteiger partial charge in [0, 0.05) is 18.4 Å². The van der Waals surface area contributed by atoms with E-state index in [4.69, 9.17) is 5.73 Å². The second-order valence-corrected chi connectivity index (χ2v) is 3.10. The van der Waals surface area contributed by atoms with E-state index < -0.39 is 0 Å². The number of nitrogens with zero attached hydrogens (tertiary/aromatic N) is 1. The minimum Gasteiger partial charge on any atom is -0.392 e. The van der Waals surface area contributed by atoms with Gasteiger partial charge in [0.15, 0.2) is 0 Å². The van der Waals surface area contributed by atoms with Crippen LogP contribution in [0.2, 0.25) is 0 Å². The Morgan fingerprint density at radius 3 is 2.92 bits per heavy atom. The van der Waals surface area contributed by atoms with Gasteiger partial charge in [-0.3, -0.25) is 4.98 Å². The molecule has 3 N–H and O–H groups in total. The van der Waals surface area contributed by atoms with Crippen molar-refractivity contribution in [3.05, 3.63) is 30.1 Å². The first kappa shape index (κ1) is 10.2. The highest BCUT2D eigenvalue weighted by Crippen LogP contribution is 2.03. The molecule has 1 atom stereocenters. The minimum absolute atomic E-state index is 0.349. The Bertz CT molecular complexity index is 226. The maximum absolute atomic E-state index is 9.19. The summed E-state index contributed by atoms with van der Waals surface area (Å²) in [6.07, 6.45) is 4.04. The van der Waals surface area contributed by atoms with Crippen LogP contribution in [-0.4, -0.2) is 22.7 Å². The van der Waals surface area contributed by atoms with Crippen molar-refractivity contribution in [2.24, 2.45) is 5.73 Å². The summed E-state index contributed by atoms with van der Waals surface area (Å²) in [6, 6.07) is 5.87. The van der Waals surface area contributed by atoms with Gasteiger partial charge in [-0.25, -0.2) is 0 Å². The molecule has 0 saturated carbocycles. The monoisotopic (exact) mass is 180 g/mol. The summed E-state index contributed by atoms with van der Waals surface area (Å²) < 4.78 is 0. The lowest BCUT2D eigenvalue weighted by atomic mass is 10.1. The predicted octanol–water partition coefficient (Wildman–Crippen LogP) is 0.724. The Labute approximate surface area is 78.6 Å². The Hall–Kier alpha value is -0.930. The molecule has 0 amide bonds. The van der Waals surface area contributed by atoms with E-state index in [1.54, 1.807) is 6.20 Å². The largest absolute Gasteiger partial charge is 0.392 e. The van der Waals surface area contributed by atoms with Crippen LogP contribution in [0.3, 0.4) is 0 Å². The molecule has 1 aromatic heterocycles. The Morgan fingerprint density at radius 2 is 2.31 bits per heavy atom. The zero-order chi connectivity index (χ0) is 9.52. The summed E-state index contributed by atoms with van der Waals surface area (Å²) in [5, 5.41) is 9.19. The van der Waals surface area contributed by atoms with Crippen LogP contribution in [-0.2, 0) is 6.42 Å². The molecule has 0 aliphatic rings. The van der Waals surface area contributed by atoms with Crippen molar-refractivity contribution in [2.45, 2.75) is 25.4 Å². The Balaban J connectivity index is 2.20. The van der Waals surface area contributed by atoms with Gasteiger partial charge in [0.2, 0.25) is 0 Å². The van der Waals surface area contributed by atoms with Crippen molar-refractivity contribution < 1.29 is 5.11 Å². The predicted molar refractivity (Wildman–Crippen MR) is 52.2 cm³/mol. The topological polar surface area (TPSA) is 59.1 Å². The number of aliphatic hydroxyl groups excluding tert-OH is 1. The molecule has 1 aromatic rings. The molecule has 0 fully saturated rings. The van der Waals surface area contributed by atoms with Crippen LogP contribution >= 0.6 is 0 Å². The van der Waals surface area contributed by atoms with Crippen LogP contribution in [0.15, 0.2) is 24.4 Å². The molecular weight excluding hydrogens is 164 g/mol. The van der Waals surface area contributed by atoms with E-state index in [0.717, 1.165) is 25.0 Å². The second kappa shape index (κ2) is 5.67. The third kappa shape index (κ3) is 4.01. The molecular formula is C10H16N2O. The first-order valence-electron chi connectivity index (χ1n) is 4.61. The van der Waals surface area contributed by atoms with E-state index in [0.29, 0.717) is 6.54 Å². The summed E-state index contributed by atoms with van der Waals surface area (Å²) >= 11 is 0. The molecule has 0 saturated heterocycles. The van der Waals surface area contributed by atoms with Gasteiger partial charge in [-0.05, 0) is 31.4 Å². The highest BCUT2D eigenvalue weighted by atomic mass is 16.3. The number of pyridine rings is 1. The summed E-state index contributed by atoms with van der Waals surface area (Å²) in [6.45, 7) is 0.349. The van der Waals surface area contributed by atoms with Crippen LogP contribution in [0.25, 0.3) is 0 Å². The third-order valence-electron chi connectivity index (χ3n) is 1.97. The molecule has 13 heavy (non-hydrogen) atoms. The van der Waals surface area contributed by atoms with Gasteiger partial charge in [0.25, 0.3) is 0 Å². The van der Waals surface area contributed by atoms with Gasteiger partial charge in [0.05, 0.1) is 6.10 Å². The highest BCUT2D eigenvalue weighted by Gasteiger charge is 2.00. The Morgan fingerprint density at radius 1 is 1.46 bits per heavy atom. The van der Waals surface area contributed by atoms with Crippen molar-refractivity contribution >= 4 is 0 Å². The van der Waals surface area contributed by atoms with E-state index in [9.17, 15) is 5.11 Å². The average Bonchev–Trinajstić information content (AvgIpc) is 2.19. The van der Waals surface area contributed by atoms with Gasteiger partial charge < -0.3 is 10.8 Å². The molecule has 72 valence electrons. The molecule has 1 heterocycles. The highest BCUT2D eigenvalue weighted by molar-refractivity contribution is 5.03. The normalized spacial score (nSPS) is 12.8. The van der Waals surface area contributed by atoms with Crippen molar-refractivity contribution in [1.29, 1.82) is 0 Å². The van der Waals surface area contributed by atoms with Crippen molar-refractivity contribution in [3.8, 4) is 0 Å². The lowest BCUT2D eigenvalue weighted by molar-refractivity contribution is 0.170. The van der Waals surface area contributed by atoms with Gasteiger partial charge in [-0.1, -0.05) is 6.07 Å². The van der Waals surface area contributed by atoms with E-state index in [1.807, 2.05) is 18.2 Å². The van der Waals surface area contributed by atoms with Crippen LogP contribution < -0.4 is 5.73 Å². The molecule has 1 unspecified atom stereocenters. The molecule has 0 bridgehead atoms. The summed E-state index contributed by atoms with van der Waals surface area (Å²) in [5.74, 6) is 0. The van der Waals surface area contributed by atoms with Gasteiger partial charge in [0.1, 0.15) is 0 Å². The molecule has 0 aliphatic heterocycles. The maximum atomic E-state index is 9.19. The number of hydrogen-bond donors (Lipinski definition) is 2. The molecule has 3 heteroatoms. The van der Waals surface area contributed by atoms with Crippen LogP contribution in [0.1, 0.15) is 18.5 Å². The lowest BCUT2D eigenvalue weighted by Crippen LogP contribution is -2.19. The minimum atomic E-state index is -0.358. The van der Waals surface area contributed by atoms with Crippen LogP contribution in [0.4, 0.5) is 0 Å². The fraction of sp³-hybridized carbons (Fsp3) is 0.500. The van der Waals surface area contributed by atoms with Gasteiger partial charge in [-0.2, -0.15) is 0 Å². The van der Waals surface area contributed by atoms with E-state index in [1.165, 1.54) is 0 Å². The fourth-order valence-corrected chi connectivity index (χ4v) is 1.18. The molecule has 0 radical (unpaired) electrons. The quantitative estimate of drug-likeness (QED) is 0.702. The van der Waals surface area contributed by atoms with Crippen molar-refractivity contribution in [1.82, 2.24) is 4.98 Å². The smallest absolute Gasteiger partial charge is 0.0662 e. The number of aryl methyl sites for hydroxylation is 1. The standard InChI is InChI=1S/C10H16N2O/c11-8-10(13)6-3-5-9-4-1-2-7-12-9/h1-2,4,7,10,13H,3,5-6,8,11H2. The maximum Gasteiger partial charge on any atom is 0.0662 e. The average molecular weight is 180 g/mol. The van der Waals surface area contributed by atoms with Crippen molar-refractivity contribution in [2.75, 3.05) is 6.54 Å². The first-order valence-corrected chi connectivity index (χ1v) is 4.61. The fourth-order valence-electron chi connectivity index (χ4n) is 1.18. The summed E-state index contributed by atoms with van der Waals surface area (Å²) in [7, 11) is 0.